The highest BCUT2D eigenvalue weighted by Gasteiger charge is 2.24. The van der Waals surface area contributed by atoms with Crippen molar-refractivity contribution < 1.29 is 0 Å². The van der Waals surface area contributed by atoms with Crippen molar-refractivity contribution in [1.29, 1.82) is 0 Å². The second kappa shape index (κ2) is 5.32. The SMILES string of the molecule is CC(c1c[nH]c2ccc(-c3cccs3)cc12)C1CCCN1. The van der Waals surface area contributed by atoms with Gasteiger partial charge < -0.3 is 10.3 Å². The van der Waals surface area contributed by atoms with Crippen LogP contribution >= 0.6 is 11.3 Å². The van der Waals surface area contributed by atoms with Crippen LogP contribution in [0.15, 0.2) is 41.9 Å². The molecule has 4 rings (SSSR count). The number of H-pyrrole nitrogens is 1. The van der Waals surface area contributed by atoms with E-state index < -0.39 is 0 Å². The van der Waals surface area contributed by atoms with Crippen molar-refractivity contribution in [3.63, 3.8) is 0 Å². The molecule has 2 N–H and O–H groups in total. The Hall–Kier alpha value is -1.58. The Morgan fingerprint density at radius 1 is 1.29 bits per heavy atom. The summed E-state index contributed by atoms with van der Waals surface area (Å²) in [5.74, 6) is 0.555. The van der Waals surface area contributed by atoms with Gasteiger partial charge in [-0.2, -0.15) is 0 Å². The van der Waals surface area contributed by atoms with Gasteiger partial charge in [0.25, 0.3) is 0 Å². The van der Waals surface area contributed by atoms with Crippen LogP contribution in [0.2, 0.25) is 0 Å². The Kier molecular flexibility index (Phi) is 3.32. The summed E-state index contributed by atoms with van der Waals surface area (Å²) in [5.41, 5.74) is 4.02. The molecule has 108 valence electrons. The van der Waals surface area contributed by atoms with Crippen LogP contribution in [-0.4, -0.2) is 17.6 Å². The molecule has 21 heavy (non-hydrogen) atoms. The largest absolute Gasteiger partial charge is 0.361 e. The van der Waals surface area contributed by atoms with Crippen LogP contribution < -0.4 is 5.32 Å². The predicted octanol–water partition coefficient (Wildman–Crippen LogP) is 4.75. The number of fused-ring (bicyclic) bond motifs is 1. The Morgan fingerprint density at radius 3 is 3.00 bits per heavy atom. The molecule has 0 bridgehead atoms. The number of benzene rings is 1. The fourth-order valence-electron chi connectivity index (χ4n) is 3.47. The molecule has 0 aliphatic carbocycles. The van der Waals surface area contributed by atoms with Gasteiger partial charge >= 0.3 is 0 Å². The molecular formula is C18H20N2S. The second-order valence-corrected chi connectivity index (χ2v) is 6.92. The molecule has 1 aliphatic heterocycles. The fraction of sp³-hybridized carbons (Fsp3) is 0.333. The lowest BCUT2D eigenvalue weighted by Crippen LogP contribution is -2.27. The molecule has 0 amide bonds. The van der Waals surface area contributed by atoms with Crippen molar-refractivity contribution in [2.75, 3.05) is 6.54 Å². The lowest BCUT2D eigenvalue weighted by Gasteiger charge is -2.19. The maximum atomic E-state index is 3.64. The zero-order valence-electron chi connectivity index (χ0n) is 12.2. The lowest BCUT2D eigenvalue weighted by atomic mass is 9.91. The third kappa shape index (κ3) is 2.30. The summed E-state index contributed by atoms with van der Waals surface area (Å²) in [6, 6.07) is 11.7. The van der Waals surface area contributed by atoms with Gasteiger partial charge in [0, 0.05) is 28.0 Å². The van der Waals surface area contributed by atoms with Gasteiger partial charge in [-0.05, 0) is 60.0 Å². The third-order valence-corrected chi connectivity index (χ3v) is 5.63. The van der Waals surface area contributed by atoms with Crippen LogP contribution in [-0.2, 0) is 0 Å². The zero-order valence-corrected chi connectivity index (χ0v) is 13.0. The molecule has 2 unspecified atom stereocenters. The Balaban J connectivity index is 1.77. The quantitative estimate of drug-likeness (QED) is 0.717. The first-order valence-electron chi connectivity index (χ1n) is 7.71. The molecule has 0 saturated carbocycles. The van der Waals surface area contributed by atoms with Crippen molar-refractivity contribution in [2.45, 2.75) is 31.7 Å². The Labute approximate surface area is 129 Å². The summed E-state index contributed by atoms with van der Waals surface area (Å²) in [5, 5.41) is 7.16. The first-order valence-corrected chi connectivity index (χ1v) is 8.59. The van der Waals surface area contributed by atoms with Gasteiger partial charge in [0.1, 0.15) is 0 Å². The van der Waals surface area contributed by atoms with E-state index in [0.29, 0.717) is 12.0 Å². The molecular weight excluding hydrogens is 276 g/mol. The fourth-order valence-corrected chi connectivity index (χ4v) is 4.19. The minimum atomic E-state index is 0.555. The average molecular weight is 296 g/mol. The van der Waals surface area contributed by atoms with Crippen LogP contribution in [0.4, 0.5) is 0 Å². The number of thiophene rings is 1. The summed E-state index contributed by atoms with van der Waals surface area (Å²) >= 11 is 1.80. The van der Waals surface area contributed by atoms with E-state index >= 15 is 0 Å². The smallest absolute Gasteiger partial charge is 0.0457 e. The molecule has 2 atom stereocenters. The molecule has 0 spiro atoms. The maximum absolute atomic E-state index is 3.64. The van der Waals surface area contributed by atoms with Gasteiger partial charge in [-0.1, -0.05) is 19.1 Å². The van der Waals surface area contributed by atoms with Gasteiger partial charge in [-0.15, -0.1) is 11.3 Å². The second-order valence-electron chi connectivity index (χ2n) is 5.97. The maximum Gasteiger partial charge on any atom is 0.0457 e. The molecule has 3 heteroatoms. The molecule has 2 nitrogen and oxygen atoms in total. The molecule has 3 heterocycles. The van der Waals surface area contributed by atoms with E-state index in [4.69, 9.17) is 0 Å². The number of aromatic amines is 1. The van der Waals surface area contributed by atoms with E-state index in [0.717, 1.165) is 6.54 Å². The van der Waals surface area contributed by atoms with Crippen LogP contribution in [0.3, 0.4) is 0 Å². The standard InChI is InChI=1S/C18H20N2S/c1-12(16-4-2-8-19-16)15-11-20-17-7-6-13(10-14(15)17)18-5-3-9-21-18/h3,5-7,9-12,16,19-20H,2,4,8H2,1H3. The molecule has 1 fully saturated rings. The summed E-state index contributed by atoms with van der Waals surface area (Å²) in [7, 11) is 0. The van der Waals surface area contributed by atoms with Crippen LogP contribution in [0.5, 0.6) is 0 Å². The number of hydrogen-bond donors (Lipinski definition) is 2. The van der Waals surface area contributed by atoms with Gasteiger partial charge in [-0.3, -0.25) is 0 Å². The van der Waals surface area contributed by atoms with Crippen LogP contribution in [0.25, 0.3) is 21.3 Å². The van der Waals surface area contributed by atoms with Crippen molar-refractivity contribution in [1.82, 2.24) is 10.3 Å². The summed E-state index contributed by atoms with van der Waals surface area (Å²) in [6.45, 7) is 3.52. The van der Waals surface area contributed by atoms with Crippen LogP contribution in [0, 0.1) is 0 Å². The number of rotatable bonds is 3. The van der Waals surface area contributed by atoms with Crippen molar-refractivity contribution in [2.24, 2.45) is 0 Å². The summed E-state index contributed by atoms with van der Waals surface area (Å²) < 4.78 is 0. The van der Waals surface area contributed by atoms with E-state index in [1.54, 1.807) is 11.3 Å². The Morgan fingerprint density at radius 2 is 2.24 bits per heavy atom. The van der Waals surface area contributed by atoms with E-state index in [1.807, 2.05) is 0 Å². The molecule has 1 saturated heterocycles. The number of aromatic nitrogens is 1. The van der Waals surface area contributed by atoms with E-state index in [2.05, 4.69) is 59.1 Å². The number of hydrogen-bond acceptors (Lipinski definition) is 2. The first-order chi connectivity index (χ1) is 10.3. The van der Waals surface area contributed by atoms with Gasteiger partial charge in [0.15, 0.2) is 0 Å². The number of nitrogens with one attached hydrogen (secondary N) is 2. The first kappa shape index (κ1) is 13.1. The van der Waals surface area contributed by atoms with Crippen molar-refractivity contribution in [3.05, 3.63) is 47.5 Å². The van der Waals surface area contributed by atoms with Crippen LogP contribution in [0.1, 0.15) is 31.2 Å². The molecule has 3 aromatic rings. The predicted molar refractivity (Wildman–Crippen MR) is 91.1 cm³/mol. The summed E-state index contributed by atoms with van der Waals surface area (Å²) in [4.78, 5) is 4.78. The lowest BCUT2D eigenvalue weighted by molar-refractivity contribution is 0.520. The monoisotopic (exact) mass is 296 g/mol. The molecule has 1 aromatic carbocycles. The third-order valence-electron chi connectivity index (χ3n) is 4.71. The van der Waals surface area contributed by atoms with Gasteiger partial charge in [0.05, 0.1) is 0 Å². The highest BCUT2D eigenvalue weighted by Crippen LogP contribution is 2.34. The molecule has 0 radical (unpaired) electrons. The minimum absolute atomic E-state index is 0.555. The summed E-state index contributed by atoms with van der Waals surface area (Å²) in [6.07, 6.45) is 4.80. The van der Waals surface area contributed by atoms with E-state index in [1.165, 1.54) is 39.7 Å². The topological polar surface area (TPSA) is 27.8 Å². The van der Waals surface area contributed by atoms with E-state index in [-0.39, 0.29) is 0 Å². The van der Waals surface area contributed by atoms with Crippen molar-refractivity contribution >= 4 is 22.2 Å². The highest BCUT2D eigenvalue weighted by atomic mass is 32.1. The van der Waals surface area contributed by atoms with E-state index in [9.17, 15) is 0 Å². The zero-order chi connectivity index (χ0) is 14.2. The van der Waals surface area contributed by atoms with Gasteiger partial charge in [-0.25, -0.2) is 0 Å². The van der Waals surface area contributed by atoms with Crippen molar-refractivity contribution in [3.8, 4) is 10.4 Å². The normalized spacial score (nSPS) is 20.1. The highest BCUT2D eigenvalue weighted by molar-refractivity contribution is 7.13. The van der Waals surface area contributed by atoms with Gasteiger partial charge in [0.2, 0.25) is 0 Å². The molecule has 2 aromatic heterocycles. The minimum Gasteiger partial charge on any atom is -0.361 e. The molecule has 1 aliphatic rings. The Bertz CT molecular complexity index is 736. The average Bonchev–Trinajstić information content (AvgIpc) is 3.25.